The van der Waals surface area contributed by atoms with E-state index in [4.69, 9.17) is 4.42 Å². The lowest BCUT2D eigenvalue weighted by Crippen LogP contribution is -2.01. The van der Waals surface area contributed by atoms with Crippen molar-refractivity contribution in [3.63, 3.8) is 0 Å². The topological polar surface area (TPSA) is 33.4 Å². The van der Waals surface area contributed by atoms with Crippen molar-refractivity contribution in [1.82, 2.24) is 0 Å². The van der Waals surface area contributed by atoms with E-state index < -0.39 is 6.10 Å². The Morgan fingerprint density at radius 1 is 1.00 bits per heavy atom. The zero-order valence-corrected chi connectivity index (χ0v) is 12.0. The molecule has 0 fully saturated rings. The van der Waals surface area contributed by atoms with Crippen LogP contribution >= 0.6 is 15.9 Å². The Balaban J connectivity index is 2.21. The summed E-state index contributed by atoms with van der Waals surface area (Å²) in [5, 5.41) is 12.7. The van der Waals surface area contributed by atoms with Gasteiger partial charge in [0.1, 0.15) is 11.9 Å². The van der Waals surface area contributed by atoms with Crippen LogP contribution in [0.3, 0.4) is 0 Å². The molecule has 1 unspecified atom stereocenters. The molecule has 0 spiro atoms. The molecular formula is C16H13BrO2. The molecule has 0 bridgehead atoms. The third kappa shape index (κ3) is 2.09. The Hall–Kier alpha value is -1.58. The number of rotatable bonds is 2. The molecule has 0 aliphatic heterocycles. The lowest BCUT2D eigenvalue weighted by molar-refractivity contribution is 0.219. The lowest BCUT2D eigenvalue weighted by atomic mass is 9.96. The molecule has 3 heteroatoms. The number of halogens is 1. The second-order valence-corrected chi connectivity index (χ2v) is 5.37. The highest BCUT2D eigenvalue weighted by atomic mass is 79.9. The molecule has 0 aliphatic rings. The number of furan rings is 1. The maximum atomic E-state index is 10.6. The van der Waals surface area contributed by atoms with Crippen molar-refractivity contribution < 1.29 is 9.52 Å². The van der Waals surface area contributed by atoms with Crippen LogP contribution in [-0.2, 0) is 0 Å². The quantitative estimate of drug-likeness (QED) is 0.750. The van der Waals surface area contributed by atoms with Crippen LogP contribution < -0.4 is 0 Å². The molecule has 0 aliphatic carbocycles. The van der Waals surface area contributed by atoms with E-state index in [0.29, 0.717) is 0 Å². The van der Waals surface area contributed by atoms with Gasteiger partial charge in [0.05, 0.1) is 6.26 Å². The van der Waals surface area contributed by atoms with E-state index in [2.05, 4.69) is 15.9 Å². The highest BCUT2D eigenvalue weighted by molar-refractivity contribution is 9.10. The Morgan fingerprint density at radius 2 is 1.74 bits per heavy atom. The highest BCUT2D eigenvalue weighted by Crippen LogP contribution is 2.34. The predicted octanol–water partition coefficient (Wildman–Crippen LogP) is 4.59. The van der Waals surface area contributed by atoms with Gasteiger partial charge in [-0.05, 0) is 35.4 Å². The highest BCUT2D eigenvalue weighted by Gasteiger charge is 2.17. The van der Waals surface area contributed by atoms with Crippen LogP contribution in [0.2, 0.25) is 0 Å². The number of benzene rings is 2. The van der Waals surface area contributed by atoms with Crippen LogP contribution in [-0.4, -0.2) is 5.11 Å². The van der Waals surface area contributed by atoms with Crippen LogP contribution in [0.5, 0.6) is 0 Å². The second kappa shape index (κ2) is 4.83. The van der Waals surface area contributed by atoms with E-state index in [1.54, 1.807) is 6.26 Å². The summed E-state index contributed by atoms with van der Waals surface area (Å²) in [4.78, 5) is 0. The molecule has 1 aromatic heterocycles. The Morgan fingerprint density at radius 3 is 2.42 bits per heavy atom. The van der Waals surface area contributed by atoms with Gasteiger partial charge < -0.3 is 9.52 Å². The third-order valence-electron chi connectivity index (χ3n) is 3.39. The first-order chi connectivity index (χ1) is 9.18. The van der Waals surface area contributed by atoms with Crippen molar-refractivity contribution >= 4 is 26.7 Å². The van der Waals surface area contributed by atoms with Gasteiger partial charge in [-0.3, -0.25) is 0 Å². The van der Waals surface area contributed by atoms with E-state index >= 15 is 0 Å². The van der Waals surface area contributed by atoms with Crippen molar-refractivity contribution in [2.24, 2.45) is 0 Å². The predicted molar refractivity (Wildman–Crippen MR) is 79.2 cm³/mol. The first-order valence-electron chi connectivity index (χ1n) is 6.07. The molecular weight excluding hydrogens is 304 g/mol. The van der Waals surface area contributed by atoms with E-state index in [9.17, 15) is 5.11 Å². The fourth-order valence-corrected chi connectivity index (χ4v) is 2.85. The van der Waals surface area contributed by atoms with Gasteiger partial charge in [-0.25, -0.2) is 0 Å². The molecule has 2 aromatic carbocycles. The number of hydrogen-bond donors (Lipinski definition) is 1. The minimum Gasteiger partial charge on any atom is -0.469 e. The lowest BCUT2D eigenvalue weighted by Gasteiger charge is -2.14. The molecule has 0 saturated heterocycles. The summed E-state index contributed by atoms with van der Waals surface area (Å²) in [5.74, 6) is 0.750. The van der Waals surface area contributed by atoms with E-state index in [1.165, 1.54) is 0 Å². The summed E-state index contributed by atoms with van der Waals surface area (Å²) in [6, 6.07) is 13.8. The van der Waals surface area contributed by atoms with Crippen LogP contribution in [0, 0.1) is 6.92 Å². The van der Waals surface area contributed by atoms with E-state index in [1.807, 2.05) is 49.4 Å². The average Bonchev–Trinajstić information content (AvgIpc) is 2.85. The minimum atomic E-state index is -0.670. The summed E-state index contributed by atoms with van der Waals surface area (Å²) >= 11 is 3.54. The third-order valence-corrected chi connectivity index (χ3v) is 4.08. The Bertz CT molecular complexity index is 730. The summed E-state index contributed by atoms with van der Waals surface area (Å²) < 4.78 is 6.30. The van der Waals surface area contributed by atoms with Gasteiger partial charge in [0.25, 0.3) is 0 Å². The number of fused-ring (bicyclic) bond motifs is 1. The van der Waals surface area contributed by atoms with Crippen LogP contribution in [0.1, 0.15) is 23.0 Å². The Kier molecular flexibility index (Phi) is 3.17. The Labute approximate surface area is 119 Å². The first-order valence-corrected chi connectivity index (χ1v) is 6.87. The molecule has 0 amide bonds. The zero-order valence-electron chi connectivity index (χ0n) is 10.4. The van der Waals surface area contributed by atoms with Crippen molar-refractivity contribution in [2.45, 2.75) is 13.0 Å². The number of aliphatic hydroxyl groups excluding tert-OH is 1. The molecule has 96 valence electrons. The van der Waals surface area contributed by atoms with Gasteiger partial charge in [-0.2, -0.15) is 0 Å². The van der Waals surface area contributed by atoms with Gasteiger partial charge >= 0.3 is 0 Å². The first kappa shape index (κ1) is 12.5. The van der Waals surface area contributed by atoms with Crippen molar-refractivity contribution in [3.05, 3.63) is 70.1 Å². The zero-order chi connectivity index (χ0) is 13.4. The summed E-state index contributed by atoms with van der Waals surface area (Å²) in [5.41, 5.74) is 1.70. The van der Waals surface area contributed by atoms with Gasteiger partial charge in [-0.15, -0.1) is 0 Å². The second-order valence-electron chi connectivity index (χ2n) is 4.52. The minimum absolute atomic E-state index is 0.670. The molecule has 1 atom stereocenters. The maximum Gasteiger partial charge on any atom is 0.108 e. The fraction of sp³-hybridized carbons (Fsp3) is 0.125. The largest absolute Gasteiger partial charge is 0.469 e. The van der Waals surface area contributed by atoms with Crippen molar-refractivity contribution in [2.75, 3.05) is 0 Å². The molecule has 0 saturated carbocycles. The molecule has 3 aromatic rings. The summed E-state index contributed by atoms with van der Waals surface area (Å²) in [6.45, 7) is 1.86. The number of hydrogen-bond acceptors (Lipinski definition) is 2. The molecule has 3 rings (SSSR count). The summed E-state index contributed by atoms with van der Waals surface area (Å²) in [7, 11) is 0. The van der Waals surface area contributed by atoms with E-state index in [-0.39, 0.29) is 0 Å². The monoisotopic (exact) mass is 316 g/mol. The smallest absolute Gasteiger partial charge is 0.108 e. The van der Waals surface area contributed by atoms with Crippen molar-refractivity contribution in [1.29, 1.82) is 0 Å². The summed E-state index contributed by atoms with van der Waals surface area (Å²) in [6.07, 6.45) is 0.936. The molecule has 0 radical (unpaired) electrons. The maximum absolute atomic E-state index is 10.6. The van der Waals surface area contributed by atoms with Crippen molar-refractivity contribution in [3.8, 4) is 0 Å². The fourth-order valence-electron chi connectivity index (χ4n) is 2.37. The van der Waals surface area contributed by atoms with Crippen LogP contribution in [0.25, 0.3) is 10.8 Å². The van der Waals surface area contributed by atoms with Gasteiger partial charge in [0.2, 0.25) is 0 Å². The SMILES string of the molecule is Cc1occc1C(O)c1ccc(Br)c2ccccc12. The molecule has 19 heavy (non-hydrogen) atoms. The number of aliphatic hydroxyl groups is 1. The van der Waals surface area contributed by atoms with Gasteiger partial charge in [0.15, 0.2) is 0 Å². The average molecular weight is 317 g/mol. The van der Waals surface area contributed by atoms with Crippen LogP contribution in [0.15, 0.2) is 57.6 Å². The normalized spacial score (nSPS) is 12.8. The molecule has 1 heterocycles. The van der Waals surface area contributed by atoms with Gasteiger partial charge in [-0.1, -0.05) is 46.3 Å². The van der Waals surface area contributed by atoms with E-state index in [0.717, 1.165) is 32.1 Å². The molecule has 2 nitrogen and oxygen atoms in total. The molecule has 1 N–H and O–H groups in total. The van der Waals surface area contributed by atoms with Crippen LogP contribution in [0.4, 0.5) is 0 Å². The van der Waals surface area contributed by atoms with Gasteiger partial charge in [0, 0.05) is 10.0 Å². The number of aryl methyl sites for hydroxylation is 1. The standard InChI is InChI=1S/C16H13BrO2/c1-10-11(8-9-19-10)16(18)14-6-7-15(17)13-5-3-2-4-12(13)14/h2-9,16,18H,1H3.